The molecule has 152 valence electrons. The van der Waals surface area contributed by atoms with Crippen molar-refractivity contribution < 1.29 is 26.0 Å². The van der Waals surface area contributed by atoms with E-state index in [-0.39, 0.29) is 35.3 Å². The summed E-state index contributed by atoms with van der Waals surface area (Å²) in [4.78, 5) is 11.8. The van der Waals surface area contributed by atoms with E-state index < -0.39 is 25.7 Å². The van der Waals surface area contributed by atoms with Gasteiger partial charge in [-0.1, -0.05) is 19.1 Å². The summed E-state index contributed by atoms with van der Waals surface area (Å²) in [5.74, 6) is -0.947. The van der Waals surface area contributed by atoms with Gasteiger partial charge in [0.2, 0.25) is 5.91 Å². The van der Waals surface area contributed by atoms with Crippen molar-refractivity contribution in [1.82, 2.24) is 5.32 Å². The molecule has 10 heteroatoms. The summed E-state index contributed by atoms with van der Waals surface area (Å²) in [5, 5.41) is 2.54. The summed E-state index contributed by atoms with van der Waals surface area (Å²) in [6, 6.07) is 10.6. The quantitative estimate of drug-likeness (QED) is 0.632. The van der Waals surface area contributed by atoms with E-state index in [1.54, 1.807) is 19.1 Å². The van der Waals surface area contributed by atoms with E-state index in [0.717, 1.165) is 24.3 Å². The van der Waals surface area contributed by atoms with Crippen LogP contribution in [0.4, 0.5) is 10.1 Å². The lowest BCUT2D eigenvalue weighted by molar-refractivity contribution is -0.120. The van der Waals surface area contributed by atoms with E-state index in [9.17, 15) is 26.0 Å². The molecule has 28 heavy (non-hydrogen) atoms. The molecule has 0 radical (unpaired) electrons. The van der Waals surface area contributed by atoms with Gasteiger partial charge in [0.1, 0.15) is 5.82 Å². The minimum absolute atomic E-state index is 0.0260. The Bertz CT molecular complexity index is 1020. The second kappa shape index (κ2) is 9.16. The second-order valence-corrected chi connectivity index (χ2v) is 10.2. The zero-order valence-electron chi connectivity index (χ0n) is 15.2. The molecule has 2 N–H and O–H groups in total. The van der Waals surface area contributed by atoms with E-state index in [0.29, 0.717) is 11.3 Å². The van der Waals surface area contributed by atoms with Crippen molar-refractivity contribution in [2.24, 2.45) is 0 Å². The number of anilines is 1. The summed E-state index contributed by atoms with van der Waals surface area (Å²) in [5.41, 5.74) is 0.933. The summed E-state index contributed by atoms with van der Waals surface area (Å²) < 4.78 is 62.6. The maximum absolute atomic E-state index is 12.9. The summed E-state index contributed by atoms with van der Waals surface area (Å²) in [7, 11) is -6.98. The van der Waals surface area contributed by atoms with Crippen molar-refractivity contribution in [2.45, 2.75) is 18.2 Å². The van der Waals surface area contributed by atoms with Crippen LogP contribution in [-0.2, 0) is 31.1 Å². The monoisotopic (exact) mass is 428 g/mol. The summed E-state index contributed by atoms with van der Waals surface area (Å²) in [6.07, 6.45) is 0.0389. The van der Waals surface area contributed by atoms with Crippen LogP contribution in [0.1, 0.15) is 12.5 Å². The number of nitrogens with one attached hydrogen (secondary N) is 2. The zero-order chi connectivity index (χ0) is 20.8. The van der Waals surface area contributed by atoms with Crippen molar-refractivity contribution in [3.63, 3.8) is 0 Å². The normalized spacial score (nSPS) is 11.8. The van der Waals surface area contributed by atoms with Gasteiger partial charge in [-0.2, -0.15) is 0 Å². The largest absolute Gasteiger partial charge is 0.355 e. The number of halogens is 1. The van der Waals surface area contributed by atoms with Crippen LogP contribution in [-0.4, -0.2) is 40.8 Å². The molecule has 0 aliphatic carbocycles. The van der Waals surface area contributed by atoms with E-state index in [2.05, 4.69) is 10.0 Å². The molecular formula is C18H21FN2O5S2. The number of rotatable bonds is 9. The highest BCUT2D eigenvalue weighted by atomic mass is 32.2. The molecule has 0 saturated carbocycles. The SMILES string of the molecule is CCS(=O)(=O)CCNC(=O)Cc1ccc(NS(=O)(=O)c2ccc(F)cc2)cc1. The minimum Gasteiger partial charge on any atom is -0.355 e. The third kappa shape index (κ3) is 6.61. The number of carbonyl (C=O) groups is 1. The van der Waals surface area contributed by atoms with Gasteiger partial charge in [-0.15, -0.1) is 0 Å². The number of carbonyl (C=O) groups excluding carboxylic acids is 1. The van der Waals surface area contributed by atoms with Gasteiger partial charge < -0.3 is 5.32 Å². The molecule has 2 aromatic carbocycles. The number of amides is 1. The first-order valence-corrected chi connectivity index (χ1v) is 11.8. The molecule has 0 fully saturated rings. The molecule has 0 aliphatic rings. The molecule has 0 spiro atoms. The summed E-state index contributed by atoms with van der Waals surface area (Å²) >= 11 is 0. The number of sulfonamides is 1. The van der Waals surface area contributed by atoms with E-state index in [1.165, 1.54) is 12.1 Å². The van der Waals surface area contributed by atoms with Gasteiger partial charge in [0.25, 0.3) is 10.0 Å². The fraction of sp³-hybridized carbons (Fsp3) is 0.278. The Morgan fingerprint density at radius 2 is 1.57 bits per heavy atom. The average molecular weight is 429 g/mol. The molecule has 0 heterocycles. The van der Waals surface area contributed by atoms with Gasteiger partial charge in [0.05, 0.1) is 17.1 Å². The summed E-state index contributed by atoms with van der Waals surface area (Å²) in [6.45, 7) is 1.59. The average Bonchev–Trinajstić information content (AvgIpc) is 2.63. The molecule has 1 amide bonds. The van der Waals surface area contributed by atoms with E-state index in [4.69, 9.17) is 0 Å². The van der Waals surface area contributed by atoms with Crippen LogP contribution in [0.2, 0.25) is 0 Å². The number of benzene rings is 2. The fourth-order valence-electron chi connectivity index (χ4n) is 2.26. The lowest BCUT2D eigenvalue weighted by atomic mass is 10.1. The maximum atomic E-state index is 12.9. The Labute approximate surface area is 163 Å². The lowest BCUT2D eigenvalue weighted by Gasteiger charge is -2.09. The standard InChI is InChI=1S/C18H21FN2O5S2/c1-2-27(23,24)12-11-20-18(22)13-14-3-7-16(8-4-14)21-28(25,26)17-9-5-15(19)6-10-17/h3-10,21H,2,11-13H2,1H3,(H,20,22). The number of hydrogen-bond acceptors (Lipinski definition) is 5. The molecule has 0 aromatic heterocycles. The predicted octanol–water partition coefficient (Wildman–Crippen LogP) is 1.72. The molecular weight excluding hydrogens is 407 g/mol. The van der Waals surface area contributed by atoms with Crippen LogP contribution in [0.25, 0.3) is 0 Å². The highest BCUT2D eigenvalue weighted by Gasteiger charge is 2.14. The van der Waals surface area contributed by atoms with E-state index in [1.807, 2.05) is 0 Å². The van der Waals surface area contributed by atoms with Gasteiger partial charge in [0.15, 0.2) is 9.84 Å². The first kappa shape index (κ1) is 21.8. The van der Waals surface area contributed by atoms with Crippen LogP contribution in [0, 0.1) is 5.82 Å². The Balaban J connectivity index is 1.92. The predicted molar refractivity (Wildman–Crippen MR) is 105 cm³/mol. The van der Waals surface area contributed by atoms with Crippen LogP contribution in [0.5, 0.6) is 0 Å². The van der Waals surface area contributed by atoms with Crippen molar-refractivity contribution in [3.8, 4) is 0 Å². The Kier molecular flexibility index (Phi) is 7.14. The van der Waals surface area contributed by atoms with Crippen LogP contribution >= 0.6 is 0 Å². The molecule has 0 bridgehead atoms. The molecule has 7 nitrogen and oxygen atoms in total. The highest BCUT2D eigenvalue weighted by molar-refractivity contribution is 7.92. The van der Waals surface area contributed by atoms with Gasteiger partial charge in [0, 0.05) is 18.0 Å². The molecule has 0 unspecified atom stereocenters. The van der Waals surface area contributed by atoms with Crippen LogP contribution < -0.4 is 10.0 Å². The van der Waals surface area contributed by atoms with Crippen LogP contribution in [0.3, 0.4) is 0 Å². The third-order valence-electron chi connectivity index (χ3n) is 3.87. The van der Waals surface area contributed by atoms with Crippen molar-refractivity contribution in [1.29, 1.82) is 0 Å². The van der Waals surface area contributed by atoms with Crippen molar-refractivity contribution >= 4 is 31.5 Å². The third-order valence-corrected chi connectivity index (χ3v) is 6.97. The molecule has 0 aliphatic heterocycles. The van der Waals surface area contributed by atoms with Crippen LogP contribution in [0.15, 0.2) is 53.4 Å². The Morgan fingerprint density at radius 3 is 2.14 bits per heavy atom. The smallest absolute Gasteiger partial charge is 0.261 e. The first-order chi connectivity index (χ1) is 13.1. The zero-order valence-corrected chi connectivity index (χ0v) is 16.8. The molecule has 2 rings (SSSR count). The number of sulfone groups is 1. The van der Waals surface area contributed by atoms with Crippen molar-refractivity contribution in [2.75, 3.05) is 22.8 Å². The molecule has 2 aromatic rings. The molecule has 0 atom stereocenters. The van der Waals surface area contributed by atoms with Gasteiger partial charge in [-0.3, -0.25) is 9.52 Å². The maximum Gasteiger partial charge on any atom is 0.261 e. The highest BCUT2D eigenvalue weighted by Crippen LogP contribution is 2.17. The lowest BCUT2D eigenvalue weighted by Crippen LogP contribution is -2.30. The van der Waals surface area contributed by atoms with Gasteiger partial charge in [-0.25, -0.2) is 21.2 Å². The topological polar surface area (TPSA) is 109 Å². The van der Waals surface area contributed by atoms with Crippen molar-refractivity contribution in [3.05, 3.63) is 59.9 Å². The van der Waals surface area contributed by atoms with Gasteiger partial charge >= 0.3 is 0 Å². The van der Waals surface area contributed by atoms with Gasteiger partial charge in [-0.05, 0) is 42.0 Å². The minimum atomic E-state index is -3.85. The fourth-order valence-corrected chi connectivity index (χ4v) is 4.02. The first-order valence-electron chi connectivity index (χ1n) is 8.46. The van der Waals surface area contributed by atoms with E-state index >= 15 is 0 Å². The number of hydrogen-bond donors (Lipinski definition) is 2. The Hall–Kier alpha value is -2.46. The Morgan fingerprint density at radius 1 is 0.964 bits per heavy atom. The molecule has 0 saturated heterocycles. The second-order valence-electron chi connectivity index (χ2n) is 6.02.